The van der Waals surface area contributed by atoms with Crippen LogP contribution in [-0.4, -0.2) is 4.98 Å². The van der Waals surface area contributed by atoms with Crippen LogP contribution in [0.1, 0.15) is 5.56 Å². The van der Waals surface area contributed by atoms with Crippen molar-refractivity contribution in [2.75, 3.05) is 0 Å². The van der Waals surface area contributed by atoms with Gasteiger partial charge in [0.2, 0.25) is 0 Å². The highest BCUT2D eigenvalue weighted by Crippen LogP contribution is 1.96. The van der Waals surface area contributed by atoms with Gasteiger partial charge in [-0.05, 0) is 18.6 Å². The second-order valence-corrected chi connectivity index (χ2v) is 1.51. The van der Waals surface area contributed by atoms with Crippen molar-refractivity contribution in [3.8, 4) is 0 Å². The topological polar surface area (TPSA) is 12.9 Å². The quantitative estimate of drug-likeness (QED) is 0.492. The monoisotopic (exact) mass is 110 g/mol. The first kappa shape index (κ1) is 5.22. The molecule has 0 aliphatic carbocycles. The van der Waals surface area contributed by atoms with Gasteiger partial charge < -0.3 is 0 Å². The van der Waals surface area contributed by atoms with Gasteiger partial charge in [-0.1, -0.05) is 0 Å². The third-order valence-corrected chi connectivity index (χ3v) is 0.762. The summed E-state index contributed by atoms with van der Waals surface area (Å²) >= 11 is 0. The Hall–Kier alpha value is -0.920. The van der Waals surface area contributed by atoms with E-state index in [1.54, 1.807) is 0 Å². The summed E-state index contributed by atoms with van der Waals surface area (Å²) in [7, 11) is 0. The van der Waals surface area contributed by atoms with Crippen molar-refractivity contribution in [1.29, 1.82) is 0 Å². The average Bonchev–Trinajstić information content (AvgIpc) is 1.64. The van der Waals surface area contributed by atoms with E-state index in [-0.39, 0.29) is 5.82 Å². The lowest BCUT2D eigenvalue weighted by Gasteiger charge is -1.86. The van der Waals surface area contributed by atoms with Gasteiger partial charge >= 0.3 is 0 Å². The lowest BCUT2D eigenvalue weighted by atomic mass is 10.3. The summed E-state index contributed by atoms with van der Waals surface area (Å²) in [5.41, 5.74) is 0.602. The number of rotatable bonds is 0. The Labute approximate surface area is 47.2 Å². The smallest absolute Gasteiger partial charge is 0.141 e. The molecule has 1 rings (SSSR count). The van der Waals surface area contributed by atoms with E-state index in [0.717, 1.165) is 6.20 Å². The maximum atomic E-state index is 12.1. The van der Waals surface area contributed by atoms with Crippen LogP contribution in [0.4, 0.5) is 4.39 Å². The zero-order chi connectivity index (χ0) is 5.98. The molecule has 0 spiro atoms. The highest BCUT2D eigenvalue weighted by atomic mass is 19.1. The van der Waals surface area contributed by atoms with Crippen LogP contribution < -0.4 is 0 Å². The fourth-order valence-electron chi connectivity index (χ4n) is 0.456. The predicted molar refractivity (Wildman–Crippen MR) is 28.7 cm³/mol. The first-order valence-corrected chi connectivity index (χ1v) is 2.21. The van der Waals surface area contributed by atoms with Crippen LogP contribution in [0.15, 0.2) is 18.5 Å². The van der Waals surface area contributed by atoms with E-state index in [9.17, 15) is 4.39 Å². The lowest BCUT2D eigenvalue weighted by molar-refractivity contribution is 0.620. The molecule has 1 aromatic heterocycles. The van der Waals surface area contributed by atoms with Crippen molar-refractivity contribution in [1.82, 2.24) is 4.98 Å². The molecular formula is C6H5FN. The molecule has 0 fully saturated rings. The Kier molecular flexibility index (Phi) is 1.24. The van der Waals surface area contributed by atoms with Gasteiger partial charge in [0.1, 0.15) is 5.82 Å². The van der Waals surface area contributed by atoms with Crippen molar-refractivity contribution in [2.45, 2.75) is 0 Å². The third kappa shape index (κ3) is 1.03. The van der Waals surface area contributed by atoms with Gasteiger partial charge in [-0.3, -0.25) is 4.98 Å². The Balaban J connectivity index is 3.08. The molecule has 1 heterocycles. The second-order valence-electron chi connectivity index (χ2n) is 1.51. The number of aromatic nitrogens is 1. The summed E-state index contributed by atoms with van der Waals surface area (Å²) in [6, 6.07) is 1.33. The Morgan fingerprint density at radius 2 is 2.25 bits per heavy atom. The Morgan fingerprint density at radius 3 is 2.62 bits per heavy atom. The van der Waals surface area contributed by atoms with Crippen LogP contribution in [0.3, 0.4) is 0 Å². The van der Waals surface area contributed by atoms with E-state index < -0.39 is 0 Å². The fraction of sp³-hybridized carbons (Fsp3) is 0. The summed E-state index contributed by atoms with van der Waals surface area (Å²) < 4.78 is 12.1. The molecule has 0 bridgehead atoms. The lowest BCUT2D eigenvalue weighted by Crippen LogP contribution is -1.77. The summed E-state index contributed by atoms with van der Waals surface area (Å²) in [6.45, 7) is 3.48. The predicted octanol–water partition coefficient (Wildman–Crippen LogP) is 1.40. The standard InChI is InChI=1S/C6H5FN/c1-5-2-6(7)4-8-3-5/h2-4H,1H2. The zero-order valence-electron chi connectivity index (χ0n) is 4.26. The molecule has 41 valence electrons. The number of hydrogen-bond acceptors (Lipinski definition) is 1. The van der Waals surface area contributed by atoms with E-state index in [2.05, 4.69) is 11.9 Å². The van der Waals surface area contributed by atoms with Gasteiger partial charge in [-0.15, -0.1) is 0 Å². The molecule has 8 heavy (non-hydrogen) atoms. The minimum absolute atomic E-state index is 0.336. The van der Waals surface area contributed by atoms with Crippen molar-refractivity contribution in [2.24, 2.45) is 0 Å². The first-order valence-electron chi connectivity index (χ1n) is 2.21. The third-order valence-electron chi connectivity index (χ3n) is 0.762. The van der Waals surface area contributed by atoms with Gasteiger partial charge in [-0.2, -0.15) is 0 Å². The molecule has 1 nitrogen and oxygen atoms in total. The Morgan fingerprint density at radius 1 is 1.50 bits per heavy atom. The first-order chi connectivity index (χ1) is 3.79. The maximum absolute atomic E-state index is 12.1. The van der Waals surface area contributed by atoms with Crippen LogP contribution >= 0.6 is 0 Å². The molecule has 0 aromatic carbocycles. The molecule has 1 radical (unpaired) electrons. The van der Waals surface area contributed by atoms with E-state index >= 15 is 0 Å². The molecular weight excluding hydrogens is 105 g/mol. The molecule has 0 aliphatic heterocycles. The Bertz CT molecular complexity index is 168. The summed E-state index contributed by atoms with van der Waals surface area (Å²) in [6.07, 6.45) is 2.65. The van der Waals surface area contributed by atoms with Gasteiger partial charge in [0.25, 0.3) is 0 Å². The van der Waals surface area contributed by atoms with Crippen LogP contribution in [0.5, 0.6) is 0 Å². The number of pyridine rings is 1. The van der Waals surface area contributed by atoms with Gasteiger partial charge in [0.05, 0.1) is 6.20 Å². The van der Waals surface area contributed by atoms with Gasteiger partial charge in [0.15, 0.2) is 0 Å². The molecule has 1 aromatic rings. The molecule has 0 N–H and O–H groups in total. The van der Waals surface area contributed by atoms with Crippen LogP contribution in [0, 0.1) is 12.7 Å². The molecule has 0 unspecified atom stereocenters. The molecule has 2 heteroatoms. The fourth-order valence-corrected chi connectivity index (χ4v) is 0.456. The van der Waals surface area contributed by atoms with Crippen molar-refractivity contribution < 1.29 is 4.39 Å². The summed E-state index contributed by atoms with van der Waals surface area (Å²) in [5, 5.41) is 0. The van der Waals surface area contributed by atoms with E-state index in [4.69, 9.17) is 0 Å². The summed E-state index contributed by atoms with van der Waals surface area (Å²) in [4.78, 5) is 3.55. The van der Waals surface area contributed by atoms with Crippen LogP contribution in [-0.2, 0) is 0 Å². The number of halogens is 1. The van der Waals surface area contributed by atoms with E-state index in [1.165, 1.54) is 12.3 Å². The second kappa shape index (κ2) is 1.90. The van der Waals surface area contributed by atoms with E-state index in [0.29, 0.717) is 5.56 Å². The van der Waals surface area contributed by atoms with Gasteiger partial charge in [0, 0.05) is 6.20 Å². The maximum Gasteiger partial charge on any atom is 0.141 e. The minimum atomic E-state index is -0.336. The van der Waals surface area contributed by atoms with E-state index in [1.807, 2.05) is 0 Å². The molecule has 0 amide bonds. The highest BCUT2D eigenvalue weighted by molar-refractivity contribution is 5.12. The number of nitrogens with zero attached hydrogens (tertiary/aromatic N) is 1. The van der Waals surface area contributed by atoms with Crippen LogP contribution in [0.25, 0.3) is 0 Å². The normalized spacial score (nSPS) is 9.25. The van der Waals surface area contributed by atoms with Crippen molar-refractivity contribution >= 4 is 0 Å². The molecule has 0 saturated carbocycles. The SMILES string of the molecule is [CH2]c1cncc(F)c1. The number of hydrogen-bond donors (Lipinski definition) is 0. The minimum Gasteiger partial charge on any atom is -0.261 e. The highest BCUT2D eigenvalue weighted by Gasteiger charge is 1.86. The van der Waals surface area contributed by atoms with Crippen molar-refractivity contribution in [3.63, 3.8) is 0 Å². The summed E-state index contributed by atoms with van der Waals surface area (Å²) in [5.74, 6) is -0.336. The largest absolute Gasteiger partial charge is 0.261 e. The average molecular weight is 110 g/mol. The van der Waals surface area contributed by atoms with Gasteiger partial charge in [-0.25, -0.2) is 4.39 Å². The molecule has 0 atom stereocenters. The zero-order valence-corrected chi connectivity index (χ0v) is 4.26. The van der Waals surface area contributed by atoms with Crippen molar-refractivity contribution in [3.05, 3.63) is 36.8 Å². The molecule has 0 saturated heterocycles. The van der Waals surface area contributed by atoms with Crippen LogP contribution in [0.2, 0.25) is 0 Å². The molecule has 0 aliphatic rings.